The summed E-state index contributed by atoms with van der Waals surface area (Å²) in [5.41, 5.74) is 2.49. The second-order valence-corrected chi connectivity index (χ2v) is 12.0. The van der Waals surface area contributed by atoms with Crippen LogP contribution in [0.2, 0.25) is 15.1 Å². The van der Waals surface area contributed by atoms with Gasteiger partial charge in [-0.25, -0.2) is 13.4 Å². The fourth-order valence-corrected chi connectivity index (χ4v) is 5.55. The Kier molecular flexibility index (Phi) is 8.39. The lowest BCUT2D eigenvalue weighted by Crippen LogP contribution is -2.34. The summed E-state index contributed by atoms with van der Waals surface area (Å²) in [5, 5.41) is 9.48. The van der Waals surface area contributed by atoms with Gasteiger partial charge in [0.1, 0.15) is 11.4 Å². The van der Waals surface area contributed by atoms with Crippen LogP contribution in [0.15, 0.2) is 70.6 Å². The third-order valence-corrected chi connectivity index (χ3v) is 8.09. The van der Waals surface area contributed by atoms with Gasteiger partial charge in [-0.3, -0.25) is 10.2 Å². The molecule has 0 saturated carbocycles. The highest BCUT2D eigenvalue weighted by Crippen LogP contribution is 2.35. The number of sulfone groups is 1. The molecule has 0 unspecified atom stereocenters. The second kappa shape index (κ2) is 11.4. The van der Waals surface area contributed by atoms with Gasteiger partial charge in [0.15, 0.2) is 9.84 Å². The van der Waals surface area contributed by atoms with Crippen molar-refractivity contribution in [1.82, 2.24) is 4.90 Å². The number of hydrogen-bond donors (Lipinski definition) is 1. The van der Waals surface area contributed by atoms with Gasteiger partial charge in [0.05, 0.1) is 25.7 Å². The molecule has 0 atom stereocenters. The van der Waals surface area contributed by atoms with Crippen molar-refractivity contribution in [3.05, 3.63) is 81.3 Å². The quantitative estimate of drug-likeness (QED) is 0.311. The fourth-order valence-electron chi connectivity index (χ4n) is 4.11. The SMILES string of the molecule is CS(=O)(=O)c1cccc(-c2ccc(C(CC(=N)C(=O)N3CCCC3)=Nc3c(Cl)cccc3Cl)c(Cl)c2)c1. The number of carbonyl (C=O) groups is 1. The number of para-hydroxylation sites is 1. The van der Waals surface area contributed by atoms with E-state index < -0.39 is 9.84 Å². The molecule has 192 valence electrons. The van der Waals surface area contributed by atoms with E-state index in [0.717, 1.165) is 19.1 Å². The van der Waals surface area contributed by atoms with Crippen LogP contribution in [0.1, 0.15) is 24.8 Å². The van der Waals surface area contributed by atoms with Gasteiger partial charge in [0.25, 0.3) is 5.91 Å². The van der Waals surface area contributed by atoms with E-state index in [0.29, 0.717) is 56.2 Å². The molecule has 1 amide bonds. The lowest BCUT2D eigenvalue weighted by atomic mass is 9.99. The minimum Gasteiger partial charge on any atom is -0.338 e. The van der Waals surface area contributed by atoms with Gasteiger partial charge in [-0.15, -0.1) is 0 Å². The molecule has 0 aliphatic carbocycles. The number of nitrogens with zero attached hydrogens (tertiary/aromatic N) is 2. The largest absolute Gasteiger partial charge is 0.338 e. The van der Waals surface area contributed by atoms with Crippen LogP contribution in [0.3, 0.4) is 0 Å². The minimum atomic E-state index is -3.37. The maximum Gasteiger partial charge on any atom is 0.267 e. The summed E-state index contributed by atoms with van der Waals surface area (Å²) < 4.78 is 24.0. The molecule has 1 saturated heterocycles. The van der Waals surface area contributed by atoms with Crippen molar-refractivity contribution < 1.29 is 13.2 Å². The summed E-state index contributed by atoms with van der Waals surface area (Å²) in [7, 11) is -3.37. The lowest BCUT2D eigenvalue weighted by Gasteiger charge is -2.17. The summed E-state index contributed by atoms with van der Waals surface area (Å²) in [6.07, 6.45) is 2.93. The molecule has 1 fully saturated rings. The summed E-state index contributed by atoms with van der Waals surface area (Å²) >= 11 is 19.4. The Morgan fingerprint density at radius 1 is 0.919 bits per heavy atom. The molecule has 3 aromatic carbocycles. The smallest absolute Gasteiger partial charge is 0.267 e. The Hall–Kier alpha value is -2.71. The van der Waals surface area contributed by atoms with Crippen molar-refractivity contribution in [3.63, 3.8) is 0 Å². The molecule has 1 heterocycles. The number of hydrogen-bond acceptors (Lipinski definition) is 5. The lowest BCUT2D eigenvalue weighted by molar-refractivity contribution is -0.123. The van der Waals surface area contributed by atoms with Crippen LogP contribution in [0, 0.1) is 5.41 Å². The van der Waals surface area contributed by atoms with Crippen molar-refractivity contribution in [2.75, 3.05) is 19.3 Å². The van der Waals surface area contributed by atoms with Gasteiger partial charge in [-0.1, -0.05) is 65.1 Å². The fraction of sp³-hybridized carbons (Fsp3) is 0.222. The maximum atomic E-state index is 12.8. The molecule has 1 aliphatic rings. The molecule has 1 N–H and O–H groups in total. The molecule has 4 rings (SSSR count). The highest BCUT2D eigenvalue weighted by Gasteiger charge is 2.24. The van der Waals surface area contributed by atoms with Crippen molar-refractivity contribution in [3.8, 4) is 11.1 Å². The van der Waals surface area contributed by atoms with E-state index in [-0.39, 0.29) is 22.9 Å². The number of aliphatic imine (C=N–C) groups is 1. The van der Waals surface area contributed by atoms with Gasteiger partial charge < -0.3 is 4.90 Å². The number of benzene rings is 3. The van der Waals surface area contributed by atoms with Crippen LogP contribution >= 0.6 is 34.8 Å². The number of likely N-dealkylation sites (tertiary alicyclic amines) is 1. The summed E-state index contributed by atoms with van der Waals surface area (Å²) in [4.78, 5) is 19.4. The molecule has 0 aromatic heterocycles. The normalized spacial score (nSPS) is 14.2. The molecule has 0 spiro atoms. The number of rotatable bonds is 7. The Labute approximate surface area is 231 Å². The topological polar surface area (TPSA) is 90.7 Å². The van der Waals surface area contributed by atoms with E-state index >= 15 is 0 Å². The predicted molar refractivity (Wildman–Crippen MR) is 151 cm³/mol. The first-order chi connectivity index (χ1) is 17.5. The summed E-state index contributed by atoms with van der Waals surface area (Å²) in [6, 6.07) is 16.8. The average molecular weight is 577 g/mol. The van der Waals surface area contributed by atoms with Crippen molar-refractivity contribution in [2.24, 2.45) is 4.99 Å². The zero-order valence-electron chi connectivity index (χ0n) is 20.0. The standard InChI is InChI=1S/C27H24Cl3N3O3S/c1-37(35,36)19-7-4-6-17(14-19)18-10-11-20(23(30)15-18)25(32-26-21(28)8-5-9-22(26)29)16-24(31)27(34)33-12-2-3-13-33/h4-11,14-15,31H,2-3,12-13,16H2,1H3. The molecule has 6 nitrogen and oxygen atoms in total. The average Bonchev–Trinajstić information content (AvgIpc) is 3.40. The van der Waals surface area contributed by atoms with Crippen LogP contribution in [0.5, 0.6) is 0 Å². The van der Waals surface area contributed by atoms with Crippen molar-refractivity contribution in [2.45, 2.75) is 24.2 Å². The number of carbonyl (C=O) groups excluding carboxylic acids is 1. The molecule has 0 radical (unpaired) electrons. The van der Waals surface area contributed by atoms with Gasteiger partial charge >= 0.3 is 0 Å². The monoisotopic (exact) mass is 575 g/mol. The first-order valence-electron chi connectivity index (χ1n) is 11.5. The zero-order chi connectivity index (χ0) is 26.7. The van der Waals surface area contributed by atoms with E-state index in [1.807, 2.05) is 0 Å². The maximum absolute atomic E-state index is 12.8. The summed E-state index contributed by atoms with van der Waals surface area (Å²) in [5.74, 6) is -0.333. The van der Waals surface area contributed by atoms with E-state index in [2.05, 4.69) is 4.99 Å². The van der Waals surface area contributed by atoms with Gasteiger partial charge in [-0.05, 0) is 54.3 Å². The highest BCUT2D eigenvalue weighted by molar-refractivity contribution is 7.90. The third kappa shape index (κ3) is 6.41. The Balaban J connectivity index is 1.75. The van der Waals surface area contributed by atoms with Crippen LogP contribution in [0.4, 0.5) is 5.69 Å². The molecule has 3 aromatic rings. The van der Waals surface area contributed by atoms with Gasteiger partial charge in [0, 0.05) is 31.3 Å². The van der Waals surface area contributed by atoms with E-state index in [1.54, 1.807) is 59.5 Å². The third-order valence-electron chi connectivity index (χ3n) is 6.06. The van der Waals surface area contributed by atoms with Crippen LogP contribution in [0.25, 0.3) is 11.1 Å². The Morgan fingerprint density at radius 2 is 1.54 bits per heavy atom. The number of amides is 1. The van der Waals surface area contributed by atoms with Crippen LogP contribution in [-0.4, -0.2) is 50.0 Å². The molecule has 0 bridgehead atoms. The number of halogens is 3. The first-order valence-corrected chi connectivity index (χ1v) is 14.6. The molecule has 37 heavy (non-hydrogen) atoms. The minimum absolute atomic E-state index is 0.0699. The molecule has 10 heteroatoms. The van der Waals surface area contributed by atoms with Crippen molar-refractivity contribution in [1.29, 1.82) is 5.41 Å². The molecular formula is C27H24Cl3N3O3S. The predicted octanol–water partition coefficient (Wildman–Crippen LogP) is 6.87. The summed E-state index contributed by atoms with van der Waals surface area (Å²) in [6.45, 7) is 1.26. The second-order valence-electron chi connectivity index (χ2n) is 8.78. The van der Waals surface area contributed by atoms with Gasteiger partial charge in [-0.2, -0.15) is 0 Å². The van der Waals surface area contributed by atoms with E-state index in [4.69, 9.17) is 40.2 Å². The molecular weight excluding hydrogens is 553 g/mol. The zero-order valence-corrected chi connectivity index (χ0v) is 23.1. The molecule has 1 aliphatic heterocycles. The first kappa shape index (κ1) is 27.3. The van der Waals surface area contributed by atoms with E-state index in [1.165, 1.54) is 6.07 Å². The Morgan fingerprint density at radius 3 is 2.16 bits per heavy atom. The van der Waals surface area contributed by atoms with Crippen molar-refractivity contribution >= 4 is 67.7 Å². The Bertz CT molecular complexity index is 1490. The van der Waals surface area contributed by atoms with Gasteiger partial charge in [0.2, 0.25) is 0 Å². The van der Waals surface area contributed by atoms with E-state index in [9.17, 15) is 13.2 Å². The number of nitrogens with one attached hydrogen (secondary N) is 1. The van der Waals surface area contributed by atoms with Crippen LogP contribution in [-0.2, 0) is 14.6 Å². The van der Waals surface area contributed by atoms with Crippen LogP contribution < -0.4 is 0 Å². The highest BCUT2D eigenvalue weighted by atomic mass is 35.5.